The van der Waals surface area contributed by atoms with Gasteiger partial charge in [-0.05, 0) is 94.9 Å². The van der Waals surface area contributed by atoms with E-state index in [2.05, 4.69) is 22.9 Å². The molecule has 3 nitrogen and oxygen atoms in total. The summed E-state index contributed by atoms with van der Waals surface area (Å²) in [6, 6.07) is 0.792. The third kappa shape index (κ3) is 3.96. The molecule has 0 amide bonds. The summed E-state index contributed by atoms with van der Waals surface area (Å²) in [4.78, 5) is 0. The van der Waals surface area contributed by atoms with Gasteiger partial charge in [-0.25, -0.2) is 0 Å². The van der Waals surface area contributed by atoms with Crippen LogP contribution in [0.3, 0.4) is 0 Å². The zero-order chi connectivity index (χ0) is 13.8. The van der Waals surface area contributed by atoms with Crippen molar-refractivity contribution in [1.29, 1.82) is 0 Å². The molecule has 3 rings (SSSR count). The molecule has 0 saturated carbocycles. The van der Waals surface area contributed by atoms with Gasteiger partial charge in [0.15, 0.2) is 0 Å². The van der Waals surface area contributed by atoms with E-state index in [1.54, 1.807) is 0 Å². The predicted octanol–water partition coefficient (Wildman–Crippen LogP) is 1.99. The molecule has 3 aliphatic heterocycles. The average molecular weight is 279 g/mol. The van der Waals surface area contributed by atoms with Crippen LogP contribution in [0.15, 0.2) is 0 Å². The van der Waals surface area contributed by atoms with Crippen LogP contribution in [0.2, 0.25) is 0 Å². The van der Waals surface area contributed by atoms with Crippen LogP contribution in [-0.2, 0) is 0 Å². The minimum atomic E-state index is 0.792. The Labute approximate surface area is 124 Å². The van der Waals surface area contributed by atoms with Crippen molar-refractivity contribution in [2.45, 2.75) is 51.5 Å². The zero-order valence-electron chi connectivity index (χ0n) is 13.2. The monoisotopic (exact) mass is 279 g/mol. The lowest BCUT2D eigenvalue weighted by molar-refractivity contribution is 0.162. The second-order valence-corrected chi connectivity index (χ2v) is 7.62. The normalized spacial score (nSPS) is 40.6. The molecule has 3 heterocycles. The van der Waals surface area contributed by atoms with Crippen molar-refractivity contribution >= 4 is 0 Å². The molecular formula is C17H33N3. The highest BCUT2D eigenvalue weighted by Crippen LogP contribution is 2.33. The van der Waals surface area contributed by atoms with Crippen molar-refractivity contribution in [2.24, 2.45) is 23.7 Å². The molecule has 0 aromatic carbocycles. The molecule has 4 unspecified atom stereocenters. The molecule has 3 saturated heterocycles. The van der Waals surface area contributed by atoms with Crippen LogP contribution in [0.1, 0.15) is 45.4 Å². The summed E-state index contributed by atoms with van der Waals surface area (Å²) in [5, 5.41) is 10.9. The molecule has 0 spiro atoms. The van der Waals surface area contributed by atoms with Gasteiger partial charge in [0.05, 0.1) is 0 Å². The Balaban J connectivity index is 1.47. The Bertz CT molecular complexity index is 288. The van der Waals surface area contributed by atoms with Crippen LogP contribution >= 0.6 is 0 Å². The van der Waals surface area contributed by atoms with E-state index in [1.165, 1.54) is 71.2 Å². The lowest BCUT2D eigenvalue weighted by Gasteiger charge is -2.39. The summed E-state index contributed by atoms with van der Waals surface area (Å²) >= 11 is 0. The molecule has 4 atom stereocenters. The fraction of sp³-hybridized carbons (Fsp3) is 1.00. The van der Waals surface area contributed by atoms with Crippen molar-refractivity contribution in [2.75, 3.05) is 32.7 Å². The molecule has 3 aliphatic rings. The van der Waals surface area contributed by atoms with Crippen LogP contribution in [-0.4, -0.2) is 38.8 Å². The summed E-state index contributed by atoms with van der Waals surface area (Å²) in [7, 11) is 0. The molecule has 0 bridgehead atoms. The van der Waals surface area contributed by atoms with Gasteiger partial charge in [0.2, 0.25) is 0 Å². The quantitative estimate of drug-likeness (QED) is 0.739. The first-order chi connectivity index (χ1) is 9.81. The fourth-order valence-corrected chi connectivity index (χ4v) is 4.81. The average Bonchev–Trinajstić information content (AvgIpc) is 2.48. The maximum atomic E-state index is 3.81. The predicted molar refractivity (Wildman–Crippen MR) is 84.9 cm³/mol. The number of hydrogen-bond acceptors (Lipinski definition) is 3. The molecule has 0 aromatic rings. The van der Waals surface area contributed by atoms with Crippen molar-refractivity contribution in [1.82, 2.24) is 16.0 Å². The molecule has 0 aromatic heterocycles. The summed E-state index contributed by atoms with van der Waals surface area (Å²) < 4.78 is 0. The molecule has 3 N–H and O–H groups in total. The smallest absolute Gasteiger partial charge is 0.00729 e. The molecule has 0 aliphatic carbocycles. The van der Waals surface area contributed by atoms with Gasteiger partial charge in [-0.3, -0.25) is 0 Å². The summed E-state index contributed by atoms with van der Waals surface area (Å²) in [6.07, 6.45) is 8.52. The van der Waals surface area contributed by atoms with E-state index in [-0.39, 0.29) is 0 Å². The SMILES string of the molecule is CC1CNCC(CC2CC(C3CCNCC3)CCN2)C1. The van der Waals surface area contributed by atoms with Crippen molar-refractivity contribution in [3.8, 4) is 0 Å². The Morgan fingerprint density at radius 1 is 0.850 bits per heavy atom. The number of rotatable bonds is 3. The Morgan fingerprint density at radius 2 is 1.65 bits per heavy atom. The van der Waals surface area contributed by atoms with Crippen molar-refractivity contribution in [3.63, 3.8) is 0 Å². The van der Waals surface area contributed by atoms with E-state index in [9.17, 15) is 0 Å². The maximum absolute atomic E-state index is 3.81. The fourth-order valence-electron chi connectivity index (χ4n) is 4.81. The van der Waals surface area contributed by atoms with Crippen LogP contribution in [0.5, 0.6) is 0 Å². The van der Waals surface area contributed by atoms with E-state index < -0.39 is 0 Å². The Kier molecular flexibility index (Phi) is 5.36. The molecule has 0 radical (unpaired) electrons. The first-order valence-corrected chi connectivity index (χ1v) is 8.96. The highest BCUT2D eigenvalue weighted by atomic mass is 14.9. The summed E-state index contributed by atoms with van der Waals surface area (Å²) in [5.74, 6) is 3.78. The zero-order valence-corrected chi connectivity index (χ0v) is 13.2. The van der Waals surface area contributed by atoms with Gasteiger partial charge in [-0.1, -0.05) is 6.92 Å². The largest absolute Gasteiger partial charge is 0.317 e. The Hall–Kier alpha value is -0.120. The third-order valence-corrected chi connectivity index (χ3v) is 5.87. The first-order valence-electron chi connectivity index (χ1n) is 8.96. The second-order valence-electron chi connectivity index (χ2n) is 7.62. The topological polar surface area (TPSA) is 36.1 Å². The molecular weight excluding hydrogens is 246 g/mol. The van der Waals surface area contributed by atoms with E-state index in [1.807, 2.05) is 0 Å². The number of nitrogens with one attached hydrogen (secondary N) is 3. The third-order valence-electron chi connectivity index (χ3n) is 5.87. The van der Waals surface area contributed by atoms with Crippen molar-refractivity contribution < 1.29 is 0 Å². The van der Waals surface area contributed by atoms with E-state index in [4.69, 9.17) is 0 Å². The highest BCUT2D eigenvalue weighted by Gasteiger charge is 2.30. The molecule has 3 fully saturated rings. The van der Waals surface area contributed by atoms with Gasteiger partial charge in [-0.2, -0.15) is 0 Å². The summed E-state index contributed by atoms with van der Waals surface area (Å²) in [5.41, 5.74) is 0. The summed E-state index contributed by atoms with van der Waals surface area (Å²) in [6.45, 7) is 8.64. The second kappa shape index (κ2) is 7.24. The van der Waals surface area contributed by atoms with Crippen LogP contribution in [0.4, 0.5) is 0 Å². The lowest BCUT2D eigenvalue weighted by Crippen LogP contribution is -2.45. The van der Waals surface area contributed by atoms with Gasteiger partial charge >= 0.3 is 0 Å². The van der Waals surface area contributed by atoms with Crippen LogP contribution < -0.4 is 16.0 Å². The van der Waals surface area contributed by atoms with Crippen LogP contribution in [0, 0.1) is 23.7 Å². The van der Waals surface area contributed by atoms with E-state index >= 15 is 0 Å². The lowest BCUT2D eigenvalue weighted by atomic mass is 9.75. The van der Waals surface area contributed by atoms with Crippen LogP contribution in [0.25, 0.3) is 0 Å². The van der Waals surface area contributed by atoms with Gasteiger partial charge in [0.25, 0.3) is 0 Å². The van der Waals surface area contributed by atoms with Gasteiger partial charge in [0, 0.05) is 6.04 Å². The number of hydrogen-bond donors (Lipinski definition) is 3. The Morgan fingerprint density at radius 3 is 2.45 bits per heavy atom. The minimum Gasteiger partial charge on any atom is -0.317 e. The minimum absolute atomic E-state index is 0.792. The molecule has 3 heteroatoms. The number of piperidine rings is 3. The van der Waals surface area contributed by atoms with Crippen molar-refractivity contribution in [3.05, 3.63) is 0 Å². The highest BCUT2D eigenvalue weighted by molar-refractivity contribution is 4.87. The maximum Gasteiger partial charge on any atom is 0.00729 e. The van der Waals surface area contributed by atoms with Gasteiger partial charge in [-0.15, -0.1) is 0 Å². The van der Waals surface area contributed by atoms with Gasteiger partial charge < -0.3 is 16.0 Å². The molecule has 116 valence electrons. The standard InChI is InChI=1S/C17H33N3/c1-13-8-14(12-19-11-13)9-17-10-16(4-7-20-17)15-2-5-18-6-3-15/h13-20H,2-12H2,1H3. The first kappa shape index (κ1) is 14.8. The van der Waals surface area contributed by atoms with Gasteiger partial charge in [0.1, 0.15) is 0 Å². The van der Waals surface area contributed by atoms with E-state index in [0.717, 1.165) is 29.7 Å². The molecule has 20 heavy (non-hydrogen) atoms. The van der Waals surface area contributed by atoms with E-state index in [0.29, 0.717) is 0 Å².